The molecule has 2 aliphatic rings. The van der Waals surface area contributed by atoms with E-state index in [9.17, 15) is 8.42 Å². The number of fused-ring (bicyclic) bond motifs is 4. The molecule has 0 spiro atoms. The van der Waals surface area contributed by atoms with Crippen LogP contribution in [-0.4, -0.2) is 32.6 Å². The Morgan fingerprint density at radius 1 is 1.19 bits per heavy atom. The average Bonchev–Trinajstić information content (AvgIpc) is 3.05. The van der Waals surface area contributed by atoms with E-state index < -0.39 is 10.1 Å². The van der Waals surface area contributed by atoms with Gasteiger partial charge in [0.2, 0.25) is 0 Å². The Kier molecular flexibility index (Phi) is 3.80. The molecule has 3 heterocycles. The topological polar surface area (TPSA) is 77.5 Å². The van der Waals surface area contributed by atoms with Gasteiger partial charge in [-0.2, -0.15) is 8.42 Å². The Morgan fingerprint density at radius 2 is 2.11 bits per heavy atom. The molecular weight excluding hydrogens is 364 g/mol. The van der Waals surface area contributed by atoms with Crippen LogP contribution in [-0.2, 0) is 10.1 Å². The molecule has 5 rings (SSSR count). The fraction of sp³-hybridized carbons (Fsp3) is 0.250. The molecular formula is C20H18N2O4S. The van der Waals surface area contributed by atoms with Gasteiger partial charge in [-0.15, -0.1) is 0 Å². The summed E-state index contributed by atoms with van der Waals surface area (Å²) in [6.07, 6.45) is 4.28. The summed E-state index contributed by atoms with van der Waals surface area (Å²) in [5, 5.41) is 4.67. The van der Waals surface area contributed by atoms with Crippen molar-refractivity contribution in [2.75, 3.05) is 13.1 Å². The van der Waals surface area contributed by atoms with E-state index in [1.807, 2.05) is 6.07 Å². The SMILES string of the molecule is O=S(=O)(Oc1ccc2c(c1)C1CCNCC1O2)c1cccc2cnccc12. The zero-order chi connectivity index (χ0) is 18.4. The van der Waals surface area contributed by atoms with Gasteiger partial charge in [0.25, 0.3) is 0 Å². The van der Waals surface area contributed by atoms with Crippen molar-refractivity contribution in [1.29, 1.82) is 0 Å². The molecule has 6 nitrogen and oxygen atoms in total. The molecule has 2 atom stereocenters. The maximum absolute atomic E-state index is 12.9. The predicted octanol–water partition coefficient (Wildman–Crippen LogP) is 2.84. The smallest absolute Gasteiger partial charge is 0.339 e. The van der Waals surface area contributed by atoms with Gasteiger partial charge in [0, 0.05) is 41.2 Å². The number of nitrogens with zero attached hydrogens (tertiary/aromatic N) is 1. The molecule has 1 N–H and O–H groups in total. The third-order valence-electron chi connectivity index (χ3n) is 5.20. The van der Waals surface area contributed by atoms with Crippen LogP contribution in [0.4, 0.5) is 0 Å². The number of pyridine rings is 1. The van der Waals surface area contributed by atoms with Gasteiger partial charge in [-0.3, -0.25) is 4.98 Å². The van der Waals surface area contributed by atoms with Gasteiger partial charge in [0.15, 0.2) is 0 Å². The molecule has 27 heavy (non-hydrogen) atoms. The fourth-order valence-electron chi connectivity index (χ4n) is 3.93. The van der Waals surface area contributed by atoms with Gasteiger partial charge >= 0.3 is 10.1 Å². The highest BCUT2D eigenvalue weighted by Crippen LogP contribution is 2.43. The van der Waals surface area contributed by atoms with E-state index in [-0.39, 0.29) is 16.9 Å². The minimum absolute atomic E-state index is 0.103. The molecule has 0 aliphatic carbocycles. The Labute approximate surface area is 157 Å². The van der Waals surface area contributed by atoms with E-state index in [0.29, 0.717) is 11.1 Å². The van der Waals surface area contributed by atoms with Crippen LogP contribution in [0.5, 0.6) is 11.5 Å². The van der Waals surface area contributed by atoms with E-state index >= 15 is 0 Å². The summed E-state index contributed by atoms with van der Waals surface area (Å²) in [4.78, 5) is 4.18. The molecule has 2 aliphatic heterocycles. The number of ether oxygens (including phenoxy) is 1. The molecule has 0 bridgehead atoms. The summed E-state index contributed by atoms with van der Waals surface area (Å²) in [6.45, 7) is 1.73. The summed E-state index contributed by atoms with van der Waals surface area (Å²) in [5.41, 5.74) is 1.02. The first-order valence-electron chi connectivity index (χ1n) is 8.90. The third-order valence-corrected chi connectivity index (χ3v) is 6.51. The van der Waals surface area contributed by atoms with Crippen molar-refractivity contribution < 1.29 is 17.3 Å². The second-order valence-electron chi connectivity index (χ2n) is 6.85. The van der Waals surface area contributed by atoms with Gasteiger partial charge in [-0.05, 0) is 43.3 Å². The van der Waals surface area contributed by atoms with Crippen molar-refractivity contribution in [2.24, 2.45) is 0 Å². The van der Waals surface area contributed by atoms with E-state index in [1.165, 1.54) is 0 Å². The molecule has 0 radical (unpaired) electrons. The summed E-state index contributed by atoms with van der Waals surface area (Å²) in [6, 6.07) is 12.0. The number of aromatic nitrogens is 1. The molecule has 2 unspecified atom stereocenters. The molecule has 7 heteroatoms. The molecule has 138 valence electrons. The van der Waals surface area contributed by atoms with E-state index in [1.54, 1.807) is 48.8 Å². The fourth-order valence-corrected chi connectivity index (χ4v) is 5.08. The van der Waals surface area contributed by atoms with Gasteiger partial charge < -0.3 is 14.2 Å². The summed E-state index contributed by atoms with van der Waals surface area (Å²) >= 11 is 0. The molecule has 0 amide bonds. The summed E-state index contributed by atoms with van der Waals surface area (Å²) < 4.78 is 37.3. The monoisotopic (exact) mass is 382 g/mol. The first-order chi connectivity index (χ1) is 13.1. The number of benzene rings is 2. The van der Waals surface area contributed by atoms with Crippen LogP contribution in [0, 0.1) is 0 Å². The highest BCUT2D eigenvalue weighted by molar-refractivity contribution is 7.87. The lowest BCUT2D eigenvalue weighted by Crippen LogP contribution is -2.39. The highest BCUT2D eigenvalue weighted by Gasteiger charge is 2.36. The van der Waals surface area contributed by atoms with Crippen molar-refractivity contribution in [3.05, 3.63) is 60.4 Å². The van der Waals surface area contributed by atoms with Crippen molar-refractivity contribution in [1.82, 2.24) is 10.3 Å². The first-order valence-corrected chi connectivity index (χ1v) is 10.3. The lowest BCUT2D eigenvalue weighted by molar-refractivity contribution is 0.177. The van der Waals surface area contributed by atoms with Gasteiger partial charge in [-0.25, -0.2) is 0 Å². The van der Waals surface area contributed by atoms with Crippen LogP contribution in [0.1, 0.15) is 17.9 Å². The van der Waals surface area contributed by atoms with Crippen LogP contribution in [0.25, 0.3) is 10.8 Å². The number of rotatable bonds is 3. The zero-order valence-corrected chi connectivity index (χ0v) is 15.3. The molecule has 2 aromatic carbocycles. The van der Waals surface area contributed by atoms with Crippen LogP contribution >= 0.6 is 0 Å². The Balaban J connectivity index is 1.50. The van der Waals surface area contributed by atoms with Crippen LogP contribution < -0.4 is 14.2 Å². The maximum atomic E-state index is 12.9. The molecule has 3 aromatic rings. The van der Waals surface area contributed by atoms with Crippen molar-refractivity contribution in [3.8, 4) is 11.5 Å². The minimum Gasteiger partial charge on any atom is -0.488 e. The lowest BCUT2D eigenvalue weighted by Gasteiger charge is -2.24. The van der Waals surface area contributed by atoms with Gasteiger partial charge in [0.05, 0.1) is 0 Å². The second kappa shape index (κ2) is 6.21. The molecule has 1 saturated heterocycles. The van der Waals surface area contributed by atoms with Crippen LogP contribution in [0.15, 0.2) is 59.8 Å². The second-order valence-corrected chi connectivity index (χ2v) is 8.36. The van der Waals surface area contributed by atoms with E-state index in [0.717, 1.165) is 36.2 Å². The summed E-state index contributed by atoms with van der Waals surface area (Å²) in [7, 11) is -3.97. The van der Waals surface area contributed by atoms with Gasteiger partial charge in [0.1, 0.15) is 22.5 Å². The van der Waals surface area contributed by atoms with Crippen molar-refractivity contribution in [3.63, 3.8) is 0 Å². The van der Waals surface area contributed by atoms with E-state index in [4.69, 9.17) is 8.92 Å². The minimum atomic E-state index is -3.97. The lowest BCUT2D eigenvalue weighted by atomic mass is 9.90. The number of hydrogen-bond acceptors (Lipinski definition) is 6. The maximum Gasteiger partial charge on any atom is 0.339 e. The number of nitrogens with one attached hydrogen (secondary N) is 1. The average molecular weight is 382 g/mol. The largest absolute Gasteiger partial charge is 0.488 e. The van der Waals surface area contributed by atoms with Crippen molar-refractivity contribution >= 4 is 20.9 Å². The summed E-state index contributed by atoms with van der Waals surface area (Å²) in [5.74, 6) is 1.40. The molecule has 1 fully saturated rings. The number of hydrogen-bond donors (Lipinski definition) is 1. The van der Waals surface area contributed by atoms with Crippen molar-refractivity contribution in [2.45, 2.75) is 23.3 Å². The standard InChI is InChI=1S/C20H18N2O4S/c23-27(24,20-3-1-2-13-11-21-8-6-15(13)20)26-14-4-5-18-17(10-14)16-7-9-22-12-19(16)25-18/h1-6,8,10-11,16,19,22H,7,9,12H2. The number of piperidine rings is 1. The predicted molar refractivity (Wildman–Crippen MR) is 101 cm³/mol. The molecule has 0 saturated carbocycles. The Bertz CT molecular complexity index is 1120. The quantitative estimate of drug-likeness (QED) is 0.702. The Hall–Kier alpha value is -2.64. The zero-order valence-electron chi connectivity index (χ0n) is 14.5. The Morgan fingerprint density at radius 3 is 3.04 bits per heavy atom. The normalized spacial score (nSPS) is 21.3. The molecule has 1 aromatic heterocycles. The first kappa shape index (κ1) is 16.5. The van der Waals surface area contributed by atoms with E-state index in [2.05, 4.69) is 10.3 Å². The third kappa shape index (κ3) is 2.83. The highest BCUT2D eigenvalue weighted by atomic mass is 32.2. The van der Waals surface area contributed by atoms with Crippen LogP contribution in [0.2, 0.25) is 0 Å². The van der Waals surface area contributed by atoms with Gasteiger partial charge in [-0.1, -0.05) is 12.1 Å². The van der Waals surface area contributed by atoms with Crippen LogP contribution in [0.3, 0.4) is 0 Å².